The summed E-state index contributed by atoms with van der Waals surface area (Å²) in [6, 6.07) is 5.42. The van der Waals surface area contributed by atoms with Crippen molar-refractivity contribution in [2.24, 2.45) is 11.7 Å². The van der Waals surface area contributed by atoms with E-state index in [1.54, 1.807) is 4.90 Å². The van der Waals surface area contributed by atoms with Gasteiger partial charge in [0.2, 0.25) is 11.8 Å². The first-order valence-corrected chi connectivity index (χ1v) is 10.2. The fourth-order valence-electron chi connectivity index (χ4n) is 4.71. The first-order chi connectivity index (χ1) is 13.6. The van der Waals surface area contributed by atoms with Crippen LogP contribution in [0.15, 0.2) is 18.2 Å². The first kappa shape index (κ1) is 19.1. The van der Waals surface area contributed by atoms with Gasteiger partial charge in [0.05, 0.1) is 0 Å². The highest BCUT2D eigenvalue weighted by molar-refractivity contribution is 6.05. The Morgan fingerprint density at radius 2 is 2.00 bits per heavy atom. The number of imide groups is 1. The molecule has 7 heteroatoms. The van der Waals surface area contributed by atoms with Crippen molar-refractivity contribution in [1.29, 1.82) is 0 Å². The summed E-state index contributed by atoms with van der Waals surface area (Å²) in [5.74, 6) is -0.209. The highest BCUT2D eigenvalue weighted by atomic mass is 16.2. The summed E-state index contributed by atoms with van der Waals surface area (Å²) >= 11 is 0. The van der Waals surface area contributed by atoms with Gasteiger partial charge in [0.1, 0.15) is 6.04 Å². The van der Waals surface area contributed by atoms with Crippen LogP contribution in [0.25, 0.3) is 0 Å². The van der Waals surface area contributed by atoms with Gasteiger partial charge in [0.25, 0.3) is 5.91 Å². The second-order valence-electron chi connectivity index (χ2n) is 8.18. The molecule has 3 heterocycles. The van der Waals surface area contributed by atoms with Gasteiger partial charge in [-0.3, -0.25) is 24.6 Å². The van der Waals surface area contributed by atoms with Crippen LogP contribution in [-0.2, 0) is 22.7 Å². The number of hydrogen-bond donors (Lipinski definition) is 2. The van der Waals surface area contributed by atoms with Crippen molar-refractivity contribution in [2.75, 3.05) is 19.6 Å². The summed E-state index contributed by atoms with van der Waals surface area (Å²) in [5, 5.41) is 2.36. The molecule has 1 aromatic carbocycles. The van der Waals surface area contributed by atoms with Crippen molar-refractivity contribution in [3.8, 4) is 0 Å². The van der Waals surface area contributed by atoms with E-state index in [1.807, 2.05) is 18.2 Å². The van der Waals surface area contributed by atoms with Crippen molar-refractivity contribution in [3.63, 3.8) is 0 Å². The van der Waals surface area contributed by atoms with Crippen LogP contribution in [0.4, 0.5) is 0 Å². The van der Waals surface area contributed by atoms with Crippen molar-refractivity contribution >= 4 is 17.7 Å². The third kappa shape index (κ3) is 3.69. The Labute approximate surface area is 165 Å². The topological polar surface area (TPSA) is 95.7 Å². The number of nitrogens with two attached hydrogens (primary N) is 1. The SMILES string of the molecule is NCC1CCCCN(Cc2cccc3c2C(=O)N(C2CCC(=O)NC2=O)C3)C1. The Balaban J connectivity index is 1.53. The molecular weight excluding hydrogens is 356 g/mol. The number of carbonyl (C=O) groups is 3. The largest absolute Gasteiger partial charge is 0.330 e. The molecule has 2 unspecified atom stereocenters. The third-order valence-electron chi connectivity index (χ3n) is 6.22. The number of nitrogens with one attached hydrogen (secondary N) is 1. The lowest BCUT2D eigenvalue weighted by Crippen LogP contribution is -2.52. The van der Waals surface area contributed by atoms with Gasteiger partial charge in [-0.05, 0) is 49.4 Å². The van der Waals surface area contributed by atoms with Crippen molar-refractivity contribution < 1.29 is 14.4 Å². The molecule has 0 saturated carbocycles. The van der Waals surface area contributed by atoms with E-state index >= 15 is 0 Å². The summed E-state index contributed by atoms with van der Waals surface area (Å²) in [7, 11) is 0. The molecular formula is C21H28N4O3. The highest BCUT2D eigenvalue weighted by Crippen LogP contribution is 2.31. The Morgan fingerprint density at radius 1 is 1.14 bits per heavy atom. The van der Waals surface area contributed by atoms with Gasteiger partial charge >= 0.3 is 0 Å². The number of fused-ring (bicyclic) bond motifs is 1. The van der Waals surface area contributed by atoms with Crippen LogP contribution in [-0.4, -0.2) is 53.2 Å². The standard InChI is InChI=1S/C21H28N4O3/c22-10-14-4-1-2-9-24(11-14)12-15-5-3-6-16-13-25(21(28)19(15)16)17-7-8-18(26)23-20(17)27/h3,5-6,14,17H,1-2,4,7-13,22H2,(H,23,26,27). The molecule has 3 aliphatic rings. The number of piperidine rings is 1. The number of rotatable bonds is 4. The zero-order chi connectivity index (χ0) is 19.7. The molecule has 7 nitrogen and oxygen atoms in total. The molecule has 2 atom stereocenters. The summed E-state index contributed by atoms with van der Waals surface area (Å²) in [4.78, 5) is 40.9. The third-order valence-corrected chi connectivity index (χ3v) is 6.22. The molecule has 0 bridgehead atoms. The minimum atomic E-state index is -0.565. The fraction of sp³-hybridized carbons (Fsp3) is 0.571. The maximum Gasteiger partial charge on any atom is 0.255 e. The molecule has 28 heavy (non-hydrogen) atoms. The minimum absolute atomic E-state index is 0.0923. The molecule has 3 N–H and O–H groups in total. The zero-order valence-electron chi connectivity index (χ0n) is 16.2. The van der Waals surface area contributed by atoms with Crippen LogP contribution in [0.5, 0.6) is 0 Å². The second kappa shape index (κ2) is 8.01. The van der Waals surface area contributed by atoms with Gasteiger partial charge in [0.15, 0.2) is 0 Å². The van der Waals surface area contributed by atoms with E-state index in [2.05, 4.69) is 10.2 Å². The van der Waals surface area contributed by atoms with E-state index in [0.29, 0.717) is 25.4 Å². The predicted molar refractivity (Wildman–Crippen MR) is 104 cm³/mol. The summed E-state index contributed by atoms with van der Waals surface area (Å²) in [6.45, 7) is 3.84. The number of hydrogen-bond acceptors (Lipinski definition) is 5. The maximum atomic E-state index is 13.2. The molecule has 0 radical (unpaired) electrons. The first-order valence-electron chi connectivity index (χ1n) is 10.2. The lowest BCUT2D eigenvalue weighted by Gasteiger charge is -2.29. The van der Waals surface area contributed by atoms with E-state index in [4.69, 9.17) is 5.73 Å². The normalized spacial score (nSPS) is 26.2. The summed E-state index contributed by atoms with van der Waals surface area (Å²) in [5.41, 5.74) is 8.64. The van der Waals surface area contributed by atoms with Gasteiger partial charge < -0.3 is 10.6 Å². The minimum Gasteiger partial charge on any atom is -0.330 e. The van der Waals surface area contributed by atoms with Gasteiger partial charge in [-0.1, -0.05) is 24.6 Å². The van der Waals surface area contributed by atoms with Gasteiger partial charge in [0, 0.05) is 31.6 Å². The van der Waals surface area contributed by atoms with Crippen LogP contribution in [0.1, 0.15) is 53.6 Å². The van der Waals surface area contributed by atoms with E-state index < -0.39 is 6.04 Å². The smallest absolute Gasteiger partial charge is 0.255 e. The van der Waals surface area contributed by atoms with Crippen LogP contribution < -0.4 is 11.1 Å². The maximum absolute atomic E-state index is 13.2. The zero-order valence-corrected chi connectivity index (χ0v) is 16.2. The summed E-state index contributed by atoms with van der Waals surface area (Å²) in [6.07, 6.45) is 4.19. The Morgan fingerprint density at radius 3 is 2.79 bits per heavy atom. The molecule has 2 saturated heterocycles. The van der Waals surface area contributed by atoms with Crippen molar-refractivity contribution in [1.82, 2.24) is 15.1 Å². The molecule has 4 rings (SSSR count). The molecule has 2 fully saturated rings. The van der Waals surface area contributed by atoms with Crippen LogP contribution in [0, 0.1) is 5.92 Å². The van der Waals surface area contributed by atoms with Crippen molar-refractivity contribution in [3.05, 3.63) is 34.9 Å². The van der Waals surface area contributed by atoms with Gasteiger partial charge in [-0.25, -0.2) is 0 Å². The van der Waals surface area contributed by atoms with E-state index in [0.717, 1.165) is 42.7 Å². The monoisotopic (exact) mass is 384 g/mol. The second-order valence-corrected chi connectivity index (χ2v) is 8.18. The number of benzene rings is 1. The summed E-state index contributed by atoms with van der Waals surface area (Å²) < 4.78 is 0. The molecule has 0 aromatic heterocycles. The van der Waals surface area contributed by atoms with Gasteiger partial charge in [-0.15, -0.1) is 0 Å². The lowest BCUT2D eigenvalue weighted by molar-refractivity contribution is -0.136. The van der Waals surface area contributed by atoms with E-state index in [-0.39, 0.29) is 24.1 Å². The number of nitrogens with zero attached hydrogens (tertiary/aromatic N) is 2. The number of amides is 3. The number of likely N-dealkylation sites (tertiary alicyclic amines) is 1. The lowest BCUT2D eigenvalue weighted by atomic mass is 10.0. The van der Waals surface area contributed by atoms with Gasteiger partial charge in [-0.2, -0.15) is 0 Å². The Hall–Kier alpha value is -2.25. The predicted octanol–water partition coefficient (Wildman–Crippen LogP) is 1.01. The molecule has 0 aliphatic carbocycles. The van der Waals surface area contributed by atoms with Crippen LogP contribution >= 0.6 is 0 Å². The molecule has 150 valence electrons. The van der Waals surface area contributed by atoms with Crippen LogP contribution in [0.2, 0.25) is 0 Å². The molecule has 3 amide bonds. The molecule has 3 aliphatic heterocycles. The quantitative estimate of drug-likeness (QED) is 0.756. The highest BCUT2D eigenvalue weighted by Gasteiger charge is 2.40. The average molecular weight is 384 g/mol. The molecule has 1 aromatic rings. The van der Waals surface area contributed by atoms with E-state index in [9.17, 15) is 14.4 Å². The average Bonchev–Trinajstić information content (AvgIpc) is 2.86. The number of carbonyl (C=O) groups excluding carboxylic acids is 3. The Bertz CT molecular complexity index is 794. The van der Waals surface area contributed by atoms with Crippen molar-refractivity contribution in [2.45, 2.75) is 51.2 Å². The van der Waals surface area contributed by atoms with E-state index in [1.165, 1.54) is 12.8 Å². The molecule has 0 spiro atoms. The van der Waals surface area contributed by atoms with Crippen LogP contribution in [0.3, 0.4) is 0 Å². The fourth-order valence-corrected chi connectivity index (χ4v) is 4.71. The Kier molecular flexibility index (Phi) is 5.46.